The number of aromatic nitrogens is 3. The molecular weight excluding hydrogens is 370 g/mol. The number of hydrogen-bond donors (Lipinski definition) is 0. The molecule has 1 aliphatic heterocycles. The maximum absolute atomic E-state index is 5.68. The Balaban J connectivity index is 1.77. The summed E-state index contributed by atoms with van der Waals surface area (Å²) in [5, 5.41) is 4.15. The summed E-state index contributed by atoms with van der Waals surface area (Å²) in [7, 11) is 0. The van der Waals surface area contributed by atoms with E-state index in [2.05, 4.69) is 43.2 Å². The van der Waals surface area contributed by atoms with Gasteiger partial charge in [0.25, 0.3) is 0 Å². The van der Waals surface area contributed by atoms with Crippen LogP contribution in [0.1, 0.15) is 24.3 Å². The molecule has 24 heavy (non-hydrogen) atoms. The van der Waals surface area contributed by atoms with E-state index in [1.807, 2.05) is 30.3 Å². The van der Waals surface area contributed by atoms with Crippen molar-refractivity contribution < 1.29 is 9.26 Å². The van der Waals surface area contributed by atoms with Crippen LogP contribution in [-0.2, 0) is 10.2 Å². The van der Waals surface area contributed by atoms with Crippen LogP contribution in [0, 0.1) is 0 Å². The molecule has 5 nitrogen and oxygen atoms in total. The summed E-state index contributed by atoms with van der Waals surface area (Å²) in [4.78, 5) is 8.97. The van der Waals surface area contributed by atoms with Crippen molar-refractivity contribution in [3.8, 4) is 11.5 Å². The van der Waals surface area contributed by atoms with Crippen LogP contribution >= 0.6 is 15.9 Å². The zero-order valence-electron chi connectivity index (χ0n) is 13.0. The van der Waals surface area contributed by atoms with Gasteiger partial charge in [0, 0.05) is 23.9 Å². The SMILES string of the molecule is Brc1ccc(C2(c3nc(-c4ccccn4)no3)CCOCC2)cc1. The lowest BCUT2D eigenvalue weighted by Gasteiger charge is -2.34. The second-order valence-corrected chi connectivity index (χ2v) is 6.76. The van der Waals surface area contributed by atoms with Gasteiger partial charge in [-0.1, -0.05) is 39.3 Å². The fourth-order valence-corrected chi connectivity index (χ4v) is 3.40. The fraction of sp³-hybridized carbons (Fsp3) is 0.278. The van der Waals surface area contributed by atoms with Crippen molar-refractivity contribution in [2.45, 2.75) is 18.3 Å². The van der Waals surface area contributed by atoms with Gasteiger partial charge in [-0.05, 0) is 42.7 Å². The summed E-state index contributed by atoms with van der Waals surface area (Å²) in [6.45, 7) is 1.36. The van der Waals surface area contributed by atoms with Crippen molar-refractivity contribution in [2.75, 3.05) is 13.2 Å². The highest BCUT2D eigenvalue weighted by Gasteiger charge is 2.41. The lowest BCUT2D eigenvalue weighted by molar-refractivity contribution is 0.0523. The summed E-state index contributed by atoms with van der Waals surface area (Å²) in [5.41, 5.74) is 1.58. The number of pyridine rings is 1. The molecule has 0 spiro atoms. The molecule has 0 atom stereocenters. The molecule has 0 bridgehead atoms. The van der Waals surface area contributed by atoms with Gasteiger partial charge in [0.05, 0.1) is 5.41 Å². The van der Waals surface area contributed by atoms with Gasteiger partial charge in [-0.2, -0.15) is 4.98 Å². The second-order valence-electron chi connectivity index (χ2n) is 5.84. The standard InChI is InChI=1S/C18H16BrN3O2/c19-14-6-4-13(5-7-14)18(8-11-23-12-9-18)17-21-16(22-24-17)15-3-1-2-10-20-15/h1-7,10H,8-9,11-12H2. The maximum Gasteiger partial charge on any atom is 0.237 e. The van der Waals surface area contributed by atoms with Crippen molar-refractivity contribution in [1.82, 2.24) is 15.1 Å². The zero-order chi connectivity index (χ0) is 16.4. The molecule has 4 rings (SSSR count). The molecule has 0 N–H and O–H groups in total. The van der Waals surface area contributed by atoms with E-state index < -0.39 is 0 Å². The van der Waals surface area contributed by atoms with Gasteiger partial charge in [-0.25, -0.2) is 0 Å². The molecule has 3 heterocycles. The van der Waals surface area contributed by atoms with Gasteiger partial charge in [0.15, 0.2) is 0 Å². The molecule has 0 saturated carbocycles. The van der Waals surface area contributed by atoms with Gasteiger partial charge in [-0.3, -0.25) is 4.98 Å². The van der Waals surface area contributed by atoms with Crippen LogP contribution in [0.3, 0.4) is 0 Å². The lowest BCUT2D eigenvalue weighted by Crippen LogP contribution is -2.35. The highest BCUT2D eigenvalue weighted by molar-refractivity contribution is 9.10. The molecule has 1 saturated heterocycles. The van der Waals surface area contributed by atoms with Crippen molar-refractivity contribution >= 4 is 15.9 Å². The Hall–Kier alpha value is -2.05. The third kappa shape index (κ3) is 2.76. The first kappa shape index (κ1) is 15.5. The Morgan fingerprint density at radius 3 is 2.50 bits per heavy atom. The van der Waals surface area contributed by atoms with E-state index >= 15 is 0 Å². The van der Waals surface area contributed by atoms with Crippen LogP contribution in [-0.4, -0.2) is 28.3 Å². The van der Waals surface area contributed by atoms with Crippen molar-refractivity contribution in [1.29, 1.82) is 0 Å². The molecule has 2 aromatic heterocycles. The van der Waals surface area contributed by atoms with Gasteiger partial charge in [0.2, 0.25) is 11.7 Å². The van der Waals surface area contributed by atoms with E-state index in [4.69, 9.17) is 9.26 Å². The Kier molecular flexibility index (Phi) is 4.16. The van der Waals surface area contributed by atoms with Crippen molar-refractivity contribution in [3.63, 3.8) is 0 Å². The minimum Gasteiger partial charge on any atom is -0.381 e. The minimum atomic E-state index is -0.307. The second kappa shape index (κ2) is 6.45. The van der Waals surface area contributed by atoms with Gasteiger partial charge >= 0.3 is 0 Å². The molecule has 0 radical (unpaired) electrons. The number of halogens is 1. The molecule has 1 fully saturated rings. The smallest absolute Gasteiger partial charge is 0.237 e. The van der Waals surface area contributed by atoms with Crippen LogP contribution in [0.5, 0.6) is 0 Å². The Morgan fingerprint density at radius 2 is 1.79 bits per heavy atom. The van der Waals surface area contributed by atoms with E-state index in [0.717, 1.165) is 17.3 Å². The zero-order valence-corrected chi connectivity index (χ0v) is 14.6. The predicted molar refractivity (Wildman–Crippen MR) is 92.5 cm³/mol. The summed E-state index contributed by atoms with van der Waals surface area (Å²) in [6, 6.07) is 14.0. The van der Waals surface area contributed by atoms with Crippen LogP contribution in [0.2, 0.25) is 0 Å². The molecule has 0 amide bonds. The van der Waals surface area contributed by atoms with Crippen LogP contribution in [0.15, 0.2) is 57.7 Å². The fourth-order valence-electron chi connectivity index (χ4n) is 3.13. The summed E-state index contributed by atoms with van der Waals surface area (Å²) >= 11 is 3.49. The monoisotopic (exact) mass is 385 g/mol. The molecule has 122 valence electrons. The van der Waals surface area contributed by atoms with Crippen molar-refractivity contribution in [2.24, 2.45) is 0 Å². The number of hydrogen-bond acceptors (Lipinski definition) is 5. The number of rotatable bonds is 3. The highest BCUT2D eigenvalue weighted by Crippen LogP contribution is 2.41. The summed E-state index contributed by atoms with van der Waals surface area (Å²) < 4.78 is 12.3. The van der Waals surface area contributed by atoms with E-state index in [1.165, 1.54) is 5.56 Å². The Morgan fingerprint density at radius 1 is 1.00 bits per heavy atom. The van der Waals surface area contributed by atoms with Crippen LogP contribution in [0.4, 0.5) is 0 Å². The first-order valence-corrected chi connectivity index (χ1v) is 8.67. The maximum atomic E-state index is 5.68. The molecule has 3 aromatic rings. The number of benzene rings is 1. The molecule has 6 heteroatoms. The Labute approximate surface area is 148 Å². The third-order valence-electron chi connectivity index (χ3n) is 4.47. The highest BCUT2D eigenvalue weighted by atomic mass is 79.9. The number of ether oxygens (including phenoxy) is 1. The molecule has 0 unspecified atom stereocenters. The third-order valence-corrected chi connectivity index (χ3v) is 5.00. The molecule has 1 aromatic carbocycles. The first-order valence-electron chi connectivity index (χ1n) is 7.87. The number of nitrogens with zero attached hydrogens (tertiary/aromatic N) is 3. The summed E-state index contributed by atoms with van der Waals surface area (Å²) in [6.07, 6.45) is 3.36. The average molecular weight is 386 g/mol. The molecule has 0 aliphatic carbocycles. The van der Waals surface area contributed by atoms with E-state index in [1.54, 1.807) is 6.20 Å². The van der Waals surface area contributed by atoms with Gasteiger partial charge in [-0.15, -0.1) is 0 Å². The topological polar surface area (TPSA) is 61.0 Å². The van der Waals surface area contributed by atoms with Crippen molar-refractivity contribution in [3.05, 3.63) is 64.6 Å². The van der Waals surface area contributed by atoms with Crippen LogP contribution in [0.25, 0.3) is 11.5 Å². The quantitative estimate of drug-likeness (QED) is 0.681. The van der Waals surface area contributed by atoms with E-state index in [9.17, 15) is 0 Å². The summed E-state index contributed by atoms with van der Waals surface area (Å²) in [5.74, 6) is 1.15. The lowest BCUT2D eigenvalue weighted by atomic mass is 9.74. The average Bonchev–Trinajstić information content (AvgIpc) is 3.14. The minimum absolute atomic E-state index is 0.307. The van der Waals surface area contributed by atoms with Gasteiger partial charge < -0.3 is 9.26 Å². The van der Waals surface area contributed by atoms with E-state index in [-0.39, 0.29) is 5.41 Å². The molecule has 1 aliphatic rings. The largest absolute Gasteiger partial charge is 0.381 e. The Bertz CT molecular complexity index is 812. The molecular formula is C18H16BrN3O2. The predicted octanol–water partition coefficient (Wildman–Crippen LogP) is 3.99. The van der Waals surface area contributed by atoms with Gasteiger partial charge in [0.1, 0.15) is 5.69 Å². The van der Waals surface area contributed by atoms with Crippen LogP contribution < -0.4 is 0 Å². The normalized spacial score (nSPS) is 16.9. The van der Waals surface area contributed by atoms with E-state index in [0.29, 0.717) is 30.6 Å². The first-order chi connectivity index (χ1) is 11.8.